The first-order valence-corrected chi connectivity index (χ1v) is 3.71. The highest BCUT2D eigenvalue weighted by molar-refractivity contribution is 5.23. The maximum Gasteiger partial charge on any atom is 0.129 e. The van der Waals surface area contributed by atoms with Gasteiger partial charge < -0.3 is 5.11 Å². The van der Waals surface area contributed by atoms with Crippen molar-refractivity contribution < 1.29 is 13.9 Å². The molecule has 0 spiro atoms. The van der Waals surface area contributed by atoms with Crippen LogP contribution in [0.15, 0.2) is 18.2 Å². The Bertz CT molecular complexity index is 253. The van der Waals surface area contributed by atoms with Gasteiger partial charge in [0.05, 0.1) is 0 Å². The Morgan fingerprint density at radius 3 is 2.25 bits per heavy atom. The average molecular weight is 172 g/mol. The normalized spacial score (nSPS) is 13.0. The molecule has 0 heterocycles. The van der Waals surface area contributed by atoms with Crippen LogP contribution in [0.4, 0.5) is 8.78 Å². The van der Waals surface area contributed by atoms with Crippen LogP contribution in [-0.4, -0.2) is 11.7 Å². The minimum atomic E-state index is -0.600. The molecule has 1 aromatic carbocycles. The molecule has 0 aliphatic heterocycles. The fourth-order valence-corrected chi connectivity index (χ4v) is 1.07. The second-order valence-electron chi connectivity index (χ2n) is 2.72. The van der Waals surface area contributed by atoms with Crippen molar-refractivity contribution in [2.24, 2.45) is 0 Å². The van der Waals surface area contributed by atoms with Crippen LogP contribution in [0.5, 0.6) is 0 Å². The second-order valence-corrected chi connectivity index (χ2v) is 2.72. The summed E-state index contributed by atoms with van der Waals surface area (Å²) in [6.45, 7) is 1.32. The molecule has 1 rings (SSSR count). The number of halogens is 2. The molecule has 0 radical (unpaired) electrons. The summed E-state index contributed by atoms with van der Waals surface area (Å²) in [6.07, 6.45) is 0. The van der Waals surface area contributed by atoms with Gasteiger partial charge in [-0.25, -0.2) is 8.78 Å². The van der Waals surface area contributed by atoms with Crippen molar-refractivity contribution >= 4 is 0 Å². The summed E-state index contributed by atoms with van der Waals surface area (Å²) in [7, 11) is 0. The van der Waals surface area contributed by atoms with Gasteiger partial charge in [-0.2, -0.15) is 0 Å². The molecule has 0 aliphatic rings. The highest BCUT2D eigenvalue weighted by Gasteiger charge is 2.14. The zero-order chi connectivity index (χ0) is 9.14. The molecular formula is C9H10F2O. The van der Waals surface area contributed by atoms with Crippen LogP contribution in [0.25, 0.3) is 0 Å². The van der Waals surface area contributed by atoms with Crippen molar-refractivity contribution in [3.05, 3.63) is 35.4 Å². The molecule has 0 saturated heterocycles. The zero-order valence-electron chi connectivity index (χ0n) is 6.72. The second kappa shape index (κ2) is 3.63. The smallest absolute Gasteiger partial charge is 0.129 e. The lowest BCUT2D eigenvalue weighted by molar-refractivity contribution is 0.267. The monoisotopic (exact) mass is 172 g/mol. The Balaban J connectivity index is 3.12. The molecule has 1 nitrogen and oxygen atoms in total. The molecule has 0 bridgehead atoms. The summed E-state index contributed by atoms with van der Waals surface area (Å²) in [4.78, 5) is 0. The van der Waals surface area contributed by atoms with Crippen molar-refractivity contribution in [2.45, 2.75) is 12.8 Å². The minimum Gasteiger partial charge on any atom is -0.396 e. The number of rotatable bonds is 2. The summed E-state index contributed by atoms with van der Waals surface area (Å²) >= 11 is 0. The SMILES string of the molecule is C[C@H](CO)c1c(F)cccc1F. The van der Waals surface area contributed by atoms with E-state index in [0.29, 0.717) is 0 Å². The number of hydrogen-bond acceptors (Lipinski definition) is 1. The van der Waals surface area contributed by atoms with Gasteiger partial charge in [-0.15, -0.1) is 0 Å². The maximum absolute atomic E-state index is 12.9. The molecule has 0 aliphatic carbocycles. The van der Waals surface area contributed by atoms with Crippen LogP contribution in [0.1, 0.15) is 18.4 Å². The quantitative estimate of drug-likeness (QED) is 0.723. The molecule has 1 atom stereocenters. The molecular weight excluding hydrogens is 162 g/mol. The van der Waals surface area contributed by atoms with E-state index in [1.807, 2.05) is 0 Å². The van der Waals surface area contributed by atoms with Crippen LogP contribution in [0.3, 0.4) is 0 Å². The van der Waals surface area contributed by atoms with Crippen LogP contribution < -0.4 is 0 Å². The molecule has 0 fully saturated rings. The van der Waals surface area contributed by atoms with Gasteiger partial charge in [-0.1, -0.05) is 13.0 Å². The van der Waals surface area contributed by atoms with E-state index >= 15 is 0 Å². The predicted octanol–water partition coefficient (Wildman–Crippen LogP) is 2.06. The van der Waals surface area contributed by atoms with Crippen LogP contribution in [0.2, 0.25) is 0 Å². The third-order valence-electron chi connectivity index (χ3n) is 1.77. The number of benzene rings is 1. The van der Waals surface area contributed by atoms with Crippen LogP contribution >= 0.6 is 0 Å². The first-order valence-electron chi connectivity index (χ1n) is 3.71. The number of aliphatic hydroxyl groups excluding tert-OH is 1. The first kappa shape index (κ1) is 9.13. The van der Waals surface area contributed by atoms with E-state index in [1.54, 1.807) is 6.92 Å². The lowest BCUT2D eigenvalue weighted by Gasteiger charge is -2.09. The Morgan fingerprint density at radius 1 is 1.33 bits per heavy atom. The van der Waals surface area contributed by atoms with E-state index in [2.05, 4.69) is 0 Å². The highest BCUT2D eigenvalue weighted by Crippen LogP contribution is 2.21. The van der Waals surface area contributed by atoms with E-state index < -0.39 is 17.6 Å². The summed E-state index contributed by atoms with van der Waals surface area (Å²) < 4.78 is 25.9. The average Bonchev–Trinajstić information content (AvgIpc) is 2.03. The molecule has 3 heteroatoms. The molecule has 66 valence electrons. The van der Waals surface area contributed by atoms with E-state index in [1.165, 1.54) is 18.2 Å². The fourth-order valence-electron chi connectivity index (χ4n) is 1.07. The lowest BCUT2D eigenvalue weighted by atomic mass is 10.0. The number of aliphatic hydroxyl groups is 1. The molecule has 0 saturated carbocycles. The largest absolute Gasteiger partial charge is 0.396 e. The van der Waals surface area contributed by atoms with Crippen molar-refractivity contribution in [3.8, 4) is 0 Å². The fraction of sp³-hybridized carbons (Fsp3) is 0.333. The van der Waals surface area contributed by atoms with Gasteiger partial charge in [-0.3, -0.25) is 0 Å². The molecule has 1 N–H and O–H groups in total. The van der Waals surface area contributed by atoms with Crippen molar-refractivity contribution in [3.63, 3.8) is 0 Å². The van der Waals surface area contributed by atoms with E-state index in [0.717, 1.165) is 0 Å². The summed E-state index contributed by atoms with van der Waals surface area (Å²) in [6, 6.07) is 3.67. The molecule has 0 aromatic heterocycles. The van der Waals surface area contributed by atoms with Gasteiger partial charge in [0, 0.05) is 18.1 Å². The van der Waals surface area contributed by atoms with Gasteiger partial charge in [0.2, 0.25) is 0 Å². The Morgan fingerprint density at radius 2 is 1.83 bits per heavy atom. The van der Waals surface area contributed by atoms with E-state index in [4.69, 9.17) is 5.11 Å². The third-order valence-corrected chi connectivity index (χ3v) is 1.77. The maximum atomic E-state index is 12.9. The molecule has 0 unspecified atom stereocenters. The third kappa shape index (κ3) is 1.61. The zero-order valence-corrected chi connectivity index (χ0v) is 6.72. The standard InChI is InChI=1S/C9H10F2O/c1-6(5-12)9-7(10)3-2-4-8(9)11/h2-4,6,12H,5H2,1H3/t6-/m1/s1. The van der Waals surface area contributed by atoms with Gasteiger partial charge in [-0.05, 0) is 12.1 Å². The summed E-state index contributed by atoms with van der Waals surface area (Å²) in [5.41, 5.74) is -0.0417. The van der Waals surface area contributed by atoms with Crippen LogP contribution in [0, 0.1) is 11.6 Å². The van der Waals surface area contributed by atoms with Gasteiger partial charge >= 0.3 is 0 Å². The first-order chi connectivity index (χ1) is 5.66. The van der Waals surface area contributed by atoms with Gasteiger partial charge in [0.25, 0.3) is 0 Å². The van der Waals surface area contributed by atoms with E-state index in [9.17, 15) is 8.78 Å². The molecule has 0 amide bonds. The Kier molecular flexibility index (Phi) is 2.76. The van der Waals surface area contributed by atoms with Crippen molar-refractivity contribution in [2.75, 3.05) is 6.61 Å². The summed E-state index contributed by atoms with van der Waals surface area (Å²) in [5.74, 6) is -1.70. The number of hydrogen-bond donors (Lipinski definition) is 1. The summed E-state index contributed by atoms with van der Waals surface area (Å²) in [5, 5.41) is 8.70. The highest BCUT2D eigenvalue weighted by atomic mass is 19.1. The molecule has 1 aromatic rings. The Hall–Kier alpha value is -0.960. The van der Waals surface area contributed by atoms with Gasteiger partial charge in [0.15, 0.2) is 0 Å². The van der Waals surface area contributed by atoms with Crippen molar-refractivity contribution in [1.29, 1.82) is 0 Å². The lowest BCUT2D eigenvalue weighted by Crippen LogP contribution is -2.04. The van der Waals surface area contributed by atoms with E-state index in [-0.39, 0.29) is 12.2 Å². The van der Waals surface area contributed by atoms with Crippen molar-refractivity contribution in [1.82, 2.24) is 0 Å². The molecule has 12 heavy (non-hydrogen) atoms. The Labute approximate surface area is 69.7 Å². The topological polar surface area (TPSA) is 20.2 Å². The minimum absolute atomic E-state index is 0.0417. The van der Waals surface area contributed by atoms with Gasteiger partial charge in [0.1, 0.15) is 11.6 Å². The van der Waals surface area contributed by atoms with Crippen LogP contribution in [-0.2, 0) is 0 Å². The predicted molar refractivity (Wildman–Crippen MR) is 41.9 cm³/mol.